The summed E-state index contributed by atoms with van der Waals surface area (Å²) in [6.07, 6.45) is 0.903. The third-order valence-corrected chi connectivity index (χ3v) is 5.37. The lowest BCUT2D eigenvalue weighted by Crippen LogP contribution is -2.32. The lowest BCUT2D eigenvalue weighted by atomic mass is 10.0. The second kappa shape index (κ2) is 10.3. The van der Waals surface area contributed by atoms with Gasteiger partial charge in [-0.25, -0.2) is 4.90 Å². The van der Waals surface area contributed by atoms with Crippen LogP contribution in [0.15, 0.2) is 78.5 Å². The minimum absolute atomic E-state index is 0.224. The molecule has 1 aliphatic heterocycles. The smallest absolute Gasteiger partial charge is 0.282 e. The summed E-state index contributed by atoms with van der Waals surface area (Å²) in [5.74, 6) is 0.622. The standard InChI is InChI=1S/C28H28N2O4/c1-4-16-34-23-14-12-20(13-15-23)25-26(29-21-9-7-11-24(18-21)33-5-2)28(32)30(27(25)31)22-10-6-8-19(3)17-22/h6-15,17-18,29H,4-5,16H2,1-3H3. The highest BCUT2D eigenvalue weighted by atomic mass is 16.5. The minimum atomic E-state index is -0.404. The summed E-state index contributed by atoms with van der Waals surface area (Å²) in [5, 5.41) is 3.19. The molecule has 0 fully saturated rings. The Hall–Kier alpha value is -4.06. The van der Waals surface area contributed by atoms with Crippen LogP contribution in [0.4, 0.5) is 11.4 Å². The molecule has 0 aliphatic carbocycles. The molecule has 0 saturated heterocycles. The number of hydrogen-bond donors (Lipinski definition) is 1. The Morgan fingerprint density at radius 3 is 2.29 bits per heavy atom. The predicted octanol–water partition coefficient (Wildman–Crippen LogP) is 5.58. The van der Waals surface area contributed by atoms with E-state index < -0.39 is 5.91 Å². The van der Waals surface area contributed by atoms with E-state index in [4.69, 9.17) is 9.47 Å². The summed E-state index contributed by atoms with van der Waals surface area (Å²) in [6, 6.07) is 21.9. The van der Waals surface area contributed by atoms with Gasteiger partial charge in [0.05, 0.1) is 24.5 Å². The molecule has 3 aromatic carbocycles. The lowest BCUT2D eigenvalue weighted by molar-refractivity contribution is -0.120. The molecule has 4 rings (SSSR count). The molecule has 2 amide bonds. The van der Waals surface area contributed by atoms with Gasteiger partial charge in [-0.05, 0) is 67.8 Å². The molecule has 0 aromatic heterocycles. The molecule has 34 heavy (non-hydrogen) atoms. The summed E-state index contributed by atoms with van der Waals surface area (Å²) >= 11 is 0. The van der Waals surface area contributed by atoms with E-state index in [0.29, 0.717) is 41.5 Å². The fraction of sp³-hybridized carbons (Fsp3) is 0.214. The summed E-state index contributed by atoms with van der Waals surface area (Å²) in [5.41, 5.74) is 3.34. The van der Waals surface area contributed by atoms with Crippen LogP contribution in [0.1, 0.15) is 31.4 Å². The Bertz CT molecular complexity index is 1230. The summed E-state index contributed by atoms with van der Waals surface area (Å²) in [6.45, 7) is 7.02. The van der Waals surface area contributed by atoms with Crippen LogP contribution in [-0.2, 0) is 9.59 Å². The topological polar surface area (TPSA) is 67.9 Å². The van der Waals surface area contributed by atoms with Gasteiger partial charge >= 0.3 is 0 Å². The molecule has 0 saturated carbocycles. The average molecular weight is 457 g/mol. The molecule has 0 bridgehead atoms. The number of hydrogen-bond acceptors (Lipinski definition) is 5. The first-order chi connectivity index (χ1) is 16.5. The first-order valence-corrected chi connectivity index (χ1v) is 11.4. The van der Waals surface area contributed by atoms with Crippen molar-refractivity contribution >= 4 is 28.8 Å². The molecule has 0 unspecified atom stereocenters. The molecule has 0 spiro atoms. The van der Waals surface area contributed by atoms with Gasteiger partial charge < -0.3 is 14.8 Å². The second-order valence-corrected chi connectivity index (χ2v) is 7.99. The van der Waals surface area contributed by atoms with E-state index in [2.05, 4.69) is 5.32 Å². The van der Waals surface area contributed by atoms with Gasteiger partial charge in [0.15, 0.2) is 0 Å². The van der Waals surface area contributed by atoms with E-state index in [-0.39, 0.29) is 11.6 Å². The van der Waals surface area contributed by atoms with Crippen molar-refractivity contribution in [2.75, 3.05) is 23.4 Å². The molecular formula is C28H28N2O4. The quantitative estimate of drug-likeness (QED) is 0.426. The molecule has 1 aliphatic rings. The van der Waals surface area contributed by atoms with Crippen LogP contribution in [0.5, 0.6) is 11.5 Å². The van der Waals surface area contributed by atoms with Crippen LogP contribution in [0.3, 0.4) is 0 Å². The van der Waals surface area contributed by atoms with Gasteiger partial charge in [-0.15, -0.1) is 0 Å². The molecular weight excluding hydrogens is 428 g/mol. The number of rotatable bonds is 9. The molecule has 1 N–H and O–H groups in total. The van der Waals surface area contributed by atoms with Crippen LogP contribution in [0.25, 0.3) is 5.57 Å². The van der Waals surface area contributed by atoms with Crippen LogP contribution in [-0.4, -0.2) is 25.0 Å². The number of nitrogens with zero attached hydrogens (tertiary/aromatic N) is 1. The maximum atomic E-state index is 13.6. The number of imide groups is 1. The zero-order valence-corrected chi connectivity index (χ0v) is 19.6. The number of amides is 2. The highest BCUT2D eigenvalue weighted by molar-refractivity contribution is 6.46. The number of ether oxygens (including phenoxy) is 2. The van der Waals surface area contributed by atoms with Crippen LogP contribution < -0.4 is 19.7 Å². The SMILES string of the molecule is CCCOc1ccc(C2=C(Nc3cccc(OCC)c3)C(=O)N(c3cccc(C)c3)C2=O)cc1. The lowest BCUT2D eigenvalue weighted by Gasteiger charge is -2.16. The van der Waals surface area contributed by atoms with Gasteiger partial charge in [0, 0.05) is 11.8 Å². The molecule has 6 nitrogen and oxygen atoms in total. The van der Waals surface area contributed by atoms with Gasteiger partial charge in [-0.2, -0.15) is 0 Å². The molecule has 3 aromatic rings. The highest BCUT2D eigenvalue weighted by Gasteiger charge is 2.40. The second-order valence-electron chi connectivity index (χ2n) is 7.99. The minimum Gasteiger partial charge on any atom is -0.494 e. The number of carbonyl (C=O) groups is 2. The maximum absolute atomic E-state index is 13.6. The summed E-state index contributed by atoms with van der Waals surface area (Å²) in [4.78, 5) is 28.4. The van der Waals surface area contributed by atoms with E-state index >= 15 is 0 Å². The first kappa shape index (κ1) is 23.1. The molecule has 0 radical (unpaired) electrons. The van der Waals surface area contributed by atoms with Crippen molar-refractivity contribution in [3.63, 3.8) is 0 Å². The van der Waals surface area contributed by atoms with Crippen molar-refractivity contribution in [3.8, 4) is 11.5 Å². The van der Waals surface area contributed by atoms with Gasteiger partial charge in [0.1, 0.15) is 17.2 Å². The average Bonchev–Trinajstić information content (AvgIpc) is 3.07. The van der Waals surface area contributed by atoms with Crippen molar-refractivity contribution in [2.24, 2.45) is 0 Å². The van der Waals surface area contributed by atoms with Crippen molar-refractivity contribution < 1.29 is 19.1 Å². The number of nitrogens with one attached hydrogen (secondary N) is 1. The fourth-order valence-corrected chi connectivity index (χ4v) is 3.83. The zero-order chi connectivity index (χ0) is 24.1. The van der Waals surface area contributed by atoms with Gasteiger partial charge in [-0.3, -0.25) is 9.59 Å². The van der Waals surface area contributed by atoms with Crippen LogP contribution in [0, 0.1) is 6.92 Å². The highest BCUT2D eigenvalue weighted by Crippen LogP contribution is 2.35. The Labute approximate surface area is 199 Å². The summed E-state index contributed by atoms with van der Waals surface area (Å²) < 4.78 is 11.3. The third-order valence-electron chi connectivity index (χ3n) is 5.37. The van der Waals surface area contributed by atoms with Crippen LogP contribution in [0.2, 0.25) is 0 Å². The Morgan fingerprint density at radius 1 is 0.824 bits per heavy atom. The number of aryl methyl sites for hydroxylation is 1. The number of benzene rings is 3. The summed E-state index contributed by atoms with van der Waals surface area (Å²) in [7, 11) is 0. The largest absolute Gasteiger partial charge is 0.494 e. The zero-order valence-electron chi connectivity index (χ0n) is 19.6. The fourth-order valence-electron chi connectivity index (χ4n) is 3.83. The van der Waals surface area contributed by atoms with Crippen molar-refractivity contribution in [2.45, 2.75) is 27.2 Å². The predicted molar refractivity (Wildman–Crippen MR) is 134 cm³/mol. The Morgan fingerprint density at radius 2 is 1.59 bits per heavy atom. The van der Waals surface area contributed by atoms with Gasteiger partial charge in [0.25, 0.3) is 11.8 Å². The van der Waals surface area contributed by atoms with Gasteiger partial charge in [-0.1, -0.05) is 37.3 Å². The van der Waals surface area contributed by atoms with E-state index in [9.17, 15) is 9.59 Å². The van der Waals surface area contributed by atoms with E-state index in [1.165, 1.54) is 4.90 Å². The Balaban J connectivity index is 1.75. The van der Waals surface area contributed by atoms with Crippen molar-refractivity contribution in [1.82, 2.24) is 0 Å². The van der Waals surface area contributed by atoms with E-state index in [0.717, 1.165) is 17.7 Å². The van der Waals surface area contributed by atoms with E-state index in [1.54, 1.807) is 6.07 Å². The van der Waals surface area contributed by atoms with E-state index in [1.807, 2.05) is 87.5 Å². The van der Waals surface area contributed by atoms with Crippen LogP contribution >= 0.6 is 0 Å². The molecule has 174 valence electrons. The third kappa shape index (κ3) is 4.81. The first-order valence-electron chi connectivity index (χ1n) is 11.4. The monoisotopic (exact) mass is 456 g/mol. The maximum Gasteiger partial charge on any atom is 0.282 e. The Kier molecular flexibility index (Phi) is 6.97. The molecule has 0 atom stereocenters. The van der Waals surface area contributed by atoms with Gasteiger partial charge in [0.2, 0.25) is 0 Å². The normalized spacial score (nSPS) is 13.4. The van der Waals surface area contributed by atoms with Crippen molar-refractivity contribution in [3.05, 3.63) is 89.6 Å². The molecule has 1 heterocycles. The number of anilines is 2. The number of carbonyl (C=O) groups excluding carboxylic acids is 2. The van der Waals surface area contributed by atoms with Crippen molar-refractivity contribution in [1.29, 1.82) is 0 Å². The molecule has 6 heteroatoms.